The van der Waals surface area contributed by atoms with Gasteiger partial charge < -0.3 is 5.11 Å². The van der Waals surface area contributed by atoms with E-state index < -0.39 is 10.0 Å². The molecule has 0 spiro atoms. The molecule has 0 saturated heterocycles. The first-order chi connectivity index (χ1) is 10.0. The van der Waals surface area contributed by atoms with E-state index in [2.05, 4.69) is 21.5 Å². The van der Waals surface area contributed by atoms with E-state index in [1.165, 1.54) is 17.4 Å². The normalized spacial score (nSPS) is 11.0. The molecule has 1 heterocycles. The average Bonchev–Trinajstić information content (AvgIpc) is 2.97. The highest BCUT2D eigenvalue weighted by Gasteiger charge is 2.17. The summed E-state index contributed by atoms with van der Waals surface area (Å²) in [4.78, 5) is 4.93. The molecule has 0 aliphatic carbocycles. The summed E-state index contributed by atoms with van der Waals surface area (Å²) in [5.41, 5.74) is 2.84. The van der Waals surface area contributed by atoms with Gasteiger partial charge in [0.25, 0.3) is 0 Å². The number of hydrogen-bond acceptors (Lipinski definition) is 5. The highest BCUT2D eigenvalue weighted by molar-refractivity contribution is 7.89. The number of aliphatic hydroxyl groups excluding tert-OH is 1. The third kappa shape index (κ3) is 4.12. The molecular weight excluding hydrogens is 308 g/mol. The fraction of sp³-hybridized carbons (Fsp3) is 0.214. The fourth-order valence-corrected chi connectivity index (χ4v) is 3.58. The molecule has 0 aliphatic heterocycles. The highest BCUT2D eigenvalue weighted by Crippen LogP contribution is 2.17. The summed E-state index contributed by atoms with van der Waals surface area (Å²) in [6, 6.07) is 4.93. The molecule has 2 aromatic rings. The van der Waals surface area contributed by atoms with Crippen LogP contribution < -0.4 is 4.72 Å². The minimum atomic E-state index is -3.62. The first-order valence-electron chi connectivity index (χ1n) is 6.10. The summed E-state index contributed by atoms with van der Waals surface area (Å²) in [6.45, 7) is 1.67. The minimum absolute atomic E-state index is 0.191. The molecule has 1 aromatic carbocycles. The molecule has 0 atom stereocenters. The Morgan fingerprint density at radius 2 is 2.24 bits per heavy atom. The van der Waals surface area contributed by atoms with E-state index in [0.29, 0.717) is 11.1 Å². The molecular formula is C14H14N2O3S2. The maximum Gasteiger partial charge on any atom is 0.241 e. The van der Waals surface area contributed by atoms with Gasteiger partial charge in [0, 0.05) is 23.2 Å². The summed E-state index contributed by atoms with van der Waals surface area (Å²) in [6.07, 6.45) is 1.63. The molecule has 110 valence electrons. The van der Waals surface area contributed by atoms with Crippen molar-refractivity contribution < 1.29 is 13.5 Å². The molecule has 0 aliphatic rings. The van der Waals surface area contributed by atoms with E-state index in [1.807, 2.05) is 0 Å². The third-order valence-corrected chi connectivity index (χ3v) is 5.03. The van der Waals surface area contributed by atoms with E-state index >= 15 is 0 Å². The van der Waals surface area contributed by atoms with Crippen molar-refractivity contribution in [2.24, 2.45) is 0 Å². The molecule has 0 saturated carbocycles. The number of rotatable bonds is 4. The molecule has 5 nitrogen and oxygen atoms in total. The number of benzene rings is 1. The zero-order chi connectivity index (χ0) is 15.3. The van der Waals surface area contributed by atoms with Crippen molar-refractivity contribution in [3.8, 4) is 11.8 Å². The second-order valence-corrected chi connectivity index (χ2v) is 6.94. The topological polar surface area (TPSA) is 79.3 Å². The molecule has 0 bridgehead atoms. The lowest BCUT2D eigenvalue weighted by Crippen LogP contribution is -2.23. The molecule has 0 radical (unpaired) electrons. The van der Waals surface area contributed by atoms with Gasteiger partial charge in [-0.25, -0.2) is 13.1 Å². The number of nitrogens with one attached hydrogen (secondary N) is 1. The first kappa shape index (κ1) is 15.7. The lowest BCUT2D eigenvalue weighted by Gasteiger charge is -2.09. The first-order valence-corrected chi connectivity index (χ1v) is 8.46. The highest BCUT2D eigenvalue weighted by atomic mass is 32.2. The number of thiazole rings is 1. The molecule has 21 heavy (non-hydrogen) atoms. The Hall–Kier alpha value is -1.72. The Bertz CT molecular complexity index is 772. The third-order valence-electron chi connectivity index (χ3n) is 2.71. The van der Waals surface area contributed by atoms with Gasteiger partial charge in [0.15, 0.2) is 0 Å². The van der Waals surface area contributed by atoms with Crippen molar-refractivity contribution in [3.63, 3.8) is 0 Å². The number of aromatic nitrogens is 1. The zero-order valence-corrected chi connectivity index (χ0v) is 13.0. The Balaban J connectivity index is 2.26. The number of aryl methyl sites for hydroxylation is 1. The molecule has 2 rings (SSSR count). The number of hydrogen-bond donors (Lipinski definition) is 2. The van der Waals surface area contributed by atoms with Gasteiger partial charge in [-0.05, 0) is 24.6 Å². The number of aliphatic hydroxyl groups is 1. The van der Waals surface area contributed by atoms with Crippen molar-refractivity contribution in [1.82, 2.24) is 9.71 Å². The van der Waals surface area contributed by atoms with Crippen LogP contribution in [-0.4, -0.2) is 25.1 Å². The quantitative estimate of drug-likeness (QED) is 0.831. The van der Waals surface area contributed by atoms with Crippen molar-refractivity contribution in [1.29, 1.82) is 0 Å². The Morgan fingerprint density at radius 3 is 2.90 bits per heavy atom. The summed E-state index contributed by atoms with van der Waals surface area (Å²) in [7, 11) is -3.62. The molecule has 0 amide bonds. The van der Waals surface area contributed by atoms with E-state index in [4.69, 9.17) is 5.11 Å². The second kappa shape index (κ2) is 6.83. The minimum Gasteiger partial charge on any atom is -0.384 e. The van der Waals surface area contributed by atoms with Crippen LogP contribution >= 0.6 is 11.3 Å². The van der Waals surface area contributed by atoms with Crippen LogP contribution in [0.3, 0.4) is 0 Å². The molecule has 0 fully saturated rings. The Morgan fingerprint density at radius 1 is 1.43 bits per heavy atom. The van der Waals surface area contributed by atoms with Gasteiger partial charge in [0.05, 0.1) is 10.4 Å². The fourth-order valence-electron chi connectivity index (χ4n) is 1.68. The average molecular weight is 322 g/mol. The Labute approximate surface area is 127 Å². The van der Waals surface area contributed by atoms with Crippen molar-refractivity contribution in [3.05, 3.63) is 45.9 Å². The van der Waals surface area contributed by atoms with Crippen LogP contribution in [0.5, 0.6) is 0 Å². The summed E-state index contributed by atoms with van der Waals surface area (Å²) >= 11 is 1.39. The van der Waals surface area contributed by atoms with Gasteiger partial charge in [-0.3, -0.25) is 4.98 Å². The van der Waals surface area contributed by atoms with E-state index in [-0.39, 0.29) is 18.0 Å². The van der Waals surface area contributed by atoms with E-state index in [9.17, 15) is 8.42 Å². The molecule has 1 aromatic heterocycles. The molecule has 2 N–H and O–H groups in total. The SMILES string of the molecule is Cc1ccc(C#CCO)cc1S(=O)(=O)NCc1cncs1. The van der Waals surface area contributed by atoms with Crippen LogP contribution in [0, 0.1) is 18.8 Å². The maximum absolute atomic E-state index is 12.3. The predicted octanol–water partition coefficient (Wildman–Crippen LogP) is 1.27. The second-order valence-electron chi connectivity index (χ2n) is 4.23. The number of sulfonamides is 1. The summed E-state index contributed by atoms with van der Waals surface area (Å²) in [5, 5.41) is 8.69. The predicted molar refractivity (Wildman–Crippen MR) is 81.3 cm³/mol. The van der Waals surface area contributed by atoms with E-state index in [1.54, 1.807) is 30.8 Å². The van der Waals surface area contributed by atoms with Gasteiger partial charge in [-0.2, -0.15) is 0 Å². The van der Waals surface area contributed by atoms with Crippen LogP contribution in [0.2, 0.25) is 0 Å². The van der Waals surface area contributed by atoms with Crippen LogP contribution in [0.25, 0.3) is 0 Å². The summed E-state index contributed by atoms with van der Waals surface area (Å²) in [5.74, 6) is 5.20. The van der Waals surface area contributed by atoms with Crippen LogP contribution in [-0.2, 0) is 16.6 Å². The van der Waals surface area contributed by atoms with Crippen molar-refractivity contribution >= 4 is 21.4 Å². The largest absolute Gasteiger partial charge is 0.384 e. The van der Waals surface area contributed by atoms with Crippen LogP contribution in [0.15, 0.2) is 34.8 Å². The zero-order valence-electron chi connectivity index (χ0n) is 11.3. The summed E-state index contributed by atoms with van der Waals surface area (Å²) < 4.78 is 27.2. The van der Waals surface area contributed by atoms with Crippen LogP contribution in [0.4, 0.5) is 0 Å². The standard InChI is InChI=1S/C14H14N2O3S2/c1-11-4-5-12(3-2-6-17)7-14(11)21(18,19)16-9-13-8-15-10-20-13/h4-5,7-8,10,16-17H,6,9H2,1H3. The van der Waals surface area contributed by atoms with Gasteiger partial charge in [-0.1, -0.05) is 17.9 Å². The number of nitrogens with zero attached hydrogens (tertiary/aromatic N) is 1. The monoisotopic (exact) mass is 322 g/mol. The van der Waals surface area contributed by atoms with Crippen molar-refractivity contribution in [2.45, 2.75) is 18.4 Å². The molecule has 7 heteroatoms. The smallest absolute Gasteiger partial charge is 0.241 e. The van der Waals surface area contributed by atoms with Gasteiger partial charge in [-0.15, -0.1) is 11.3 Å². The van der Waals surface area contributed by atoms with Crippen LogP contribution in [0.1, 0.15) is 16.0 Å². The van der Waals surface area contributed by atoms with Gasteiger partial charge in [0.1, 0.15) is 6.61 Å². The van der Waals surface area contributed by atoms with Gasteiger partial charge >= 0.3 is 0 Å². The van der Waals surface area contributed by atoms with E-state index in [0.717, 1.165) is 4.88 Å². The molecule has 0 unspecified atom stereocenters. The maximum atomic E-state index is 12.3. The van der Waals surface area contributed by atoms with Gasteiger partial charge in [0.2, 0.25) is 10.0 Å². The van der Waals surface area contributed by atoms with Crippen molar-refractivity contribution in [2.75, 3.05) is 6.61 Å². The Kier molecular flexibility index (Phi) is 5.09. The lowest BCUT2D eigenvalue weighted by atomic mass is 10.1. The lowest BCUT2D eigenvalue weighted by molar-refractivity contribution is 0.350.